The van der Waals surface area contributed by atoms with Crippen LogP contribution in [0, 0.1) is 0 Å². The van der Waals surface area contributed by atoms with Crippen LogP contribution < -0.4 is 0 Å². The number of fused-ring (bicyclic) bond motifs is 1. The van der Waals surface area contributed by atoms with Crippen molar-refractivity contribution in [1.82, 2.24) is 4.90 Å². The molecule has 1 saturated heterocycles. The molecule has 0 spiro atoms. The Kier molecular flexibility index (Phi) is 7.22. The number of nitrogens with zero attached hydrogens (tertiary/aromatic N) is 1. The second-order valence-corrected chi connectivity index (χ2v) is 9.79. The van der Waals surface area contributed by atoms with E-state index >= 15 is 0 Å². The molecule has 0 aliphatic carbocycles. The van der Waals surface area contributed by atoms with E-state index in [4.69, 9.17) is 9.47 Å². The van der Waals surface area contributed by atoms with Crippen molar-refractivity contribution >= 4 is 16.7 Å². The maximum atomic E-state index is 13.9. The van der Waals surface area contributed by atoms with Crippen LogP contribution in [0.1, 0.15) is 47.6 Å². The molecule has 0 saturated carbocycles. The first-order valence-electron chi connectivity index (χ1n) is 13.5. The van der Waals surface area contributed by atoms with Crippen molar-refractivity contribution in [3.63, 3.8) is 0 Å². The predicted molar refractivity (Wildman–Crippen MR) is 154 cm³/mol. The van der Waals surface area contributed by atoms with Gasteiger partial charge in [-0.2, -0.15) is 0 Å². The van der Waals surface area contributed by atoms with E-state index in [1.807, 2.05) is 73.7 Å². The molecule has 194 valence electrons. The third-order valence-electron chi connectivity index (χ3n) is 7.40. The number of esters is 1. The molecule has 0 amide bonds. The molecule has 39 heavy (non-hydrogen) atoms. The second kappa shape index (κ2) is 11.2. The Morgan fingerprint density at radius 2 is 1.28 bits per heavy atom. The molecule has 0 N–H and O–H groups in total. The second-order valence-electron chi connectivity index (χ2n) is 9.79. The van der Waals surface area contributed by atoms with Crippen molar-refractivity contribution < 1.29 is 14.3 Å². The van der Waals surface area contributed by atoms with Crippen LogP contribution in [0.25, 0.3) is 10.8 Å². The van der Waals surface area contributed by atoms with Gasteiger partial charge in [0.1, 0.15) is 18.4 Å². The van der Waals surface area contributed by atoms with Crippen molar-refractivity contribution in [3.05, 3.63) is 156 Å². The van der Waals surface area contributed by atoms with Crippen LogP contribution in [0.3, 0.4) is 0 Å². The van der Waals surface area contributed by atoms with E-state index in [0.29, 0.717) is 6.61 Å². The largest absolute Gasteiger partial charge is 0.465 e. The highest BCUT2D eigenvalue weighted by Gasteiger charge is 2.51. The summed E-state index contributed by atoms with van der Waals surface area (Å²) in [5.41, 5.74) is 4.12. The number of carbonyl (C=O) groups excluding carboxylic acids is 1. The minimum absolute atomic E-state index is 0.238. The molecule has 6 rings (SSSR count). The zero-order valence-corrected chi connectivity index (χ0v) is 21.9. The van der Waals surface area contributed by atoms with Crippen LogP contribution in [-0.4, -0.2) is 23.5 Å². The molecular formula is C35H31NO3. The molecule has 5 aromatic carbocycles. The standard InChI is InChI=1S/C35H31NO3/c1-2-38-35(37)32-33(30-23-22-25-14-12-13-21-29(25)24-30)39-34(28-19-10-5-11-20-28)36(32)31(26-15-6-3-7-16-26)27-17-8-4-9-18-27/h3-24,31-34H,2H2,1H3. The lowest BCUT2D eigenvalue weighted by molar-refractivity contribution is -0.150. The van der Waals surface area contributed by atoms with Gasteiger partial charge < -0.3 is 9.47 Å². The van der Waals surface area contributed by atoms with Gasteiger partial charge in [0.15, 0.2) is 0 Å². The fourth-order valence-electron chi connectivity index (χ4n) is 5.68. The maximum absolute atomic E-state index is 13.9. The SMILES string of the molecule is CCOC(=O)C1C(c2ccc3ccccc3c2)OC(c2ccccc2)N1C(c1ccccc1)c1ccccc1. The predicted octanol–water partition coefficient (Wildman–Crippen LogP) is 7.63. The summed E-state index contributed by atoms with van der Waals surface area (Å²) < 4.78 is 12.7. The van der Waals surface area contributed by atoms with Crippen LogP contribution in [-0.2, 0) is 14.3 Å². The van der Waals surface area contributed by atoms with E-state index < -0.39 is 18.4 Å². The lowest BCUT2D eigenvalue weighted by atomic mass is 9.92. The Labute approximate surface area is 229 Å². The Morgan fingerprint density at radius 3 is 1.90 bits per heavy atom. The number of ether oxygens (including phenoxy) is 2. The van der Waals surface area contributed by atoms with Gasteiger partial charge in [-0.05, 0) is 46.0 Å². The number of rotatable bonds is 7. The summed E-state index contributed by atoms with van der Waals surface area (Å²) >= 11 is 0. The monoisotopic (exact) mass is 513 g/mol. The first-order valence-corrected chi connectivity index (χ1v) is 13.5. The fraction of sp³-hybridized carbons (Fsp3) is 0.171. The van der Waals surface area contributed by atoms with Crippen molar-refractivity contribution in [1.29, 1.82) is 0 Å². The molecule has 0 radical (unpaired) electrons. The zero-order valence-electron chi connectivity index (χ0n) is 21.9. The molecule has 1 aliphatic heterocycles. The summed E-state index contributed by atoms with van der Waals surface area (Å²) in [4.78, 5) is 16.1. The van der Waals surface area contributed by atoms with Crippen molar-refractivity contribution in [3.8, 4) is 0 Å². The average Bonchev–Trinajstić information content (AvgIpc) is 3.39. The fourth-order valence-corrected chi connectivity index (χ4v) is 5.68. The van der Waals surface area contributed by atoms with E-state index in [0.717, 1.165) is 33.0 Å². The molecule has 1 aliphatic rings. The number of carbonyl (C=O) groups is 1. The van der Waals surface area contributed by atoms with Gasteiger partial charge in [0.2, 0.25) is 0 Å². The van der Waals surface area contributed by atoms with Gasteiger partial charge in [-0.15, -0.1) is 0 Å². The maximum Gasteiger partial charge on any atom is 0.326 e. The summed E-state index contributed by atoms with van der Waals surface area (Å²) in [6.07, 6.45) is -0.990. The highest BCUT2D eigenvalue weighted by molar-refractivity contribution is 5.84. The van der Waals surface area contributed by atoms with Gasteiger partial charge in [0, 0.05) is 0 Å². The molecular weight excluding hydrogens is 482 g/mol. The summed E-state index contributed by atoms with van der Waals surface area (Å²) in [5, 5.41) is 2.26. The van der Waals surface area contributed by atoms with Crippen LogP contribution in [0.4, 0.5) is 0 Å². The highest BCUT2D eigenvalue weighted by Crippen LogP contribution is 2.49. The molecule has 4 heteroatoms. The molecule has 1 heterocycles. The minimum atomic E-state index is -0.665. The van der Waals surface area contributed by atoms with Crippen LogP contribution in [0.2, 0.25) is 0 Å². The van der Waals surface area contributed by atoms with Gasteiger partial charge in [-0.25, -0.2) is 4.90 Å². The van der Waals surface area contributed by atoms with Gasteiger partial charge in [-0.1, -0.05) is 127 Å². The minimum Gasteiger partial charge on any atom is -0.465 e. The molecule has 4 nitrogen and oxygen atoms in total. The number of hydrogen-bond donors (Lipinski definition) is 0. The van der Waals surface area contributed by atoms with E-state index in [-0.39, 0.29) is 12.0 Å². The van der Waals surface area contributed by atoms with E-state index in [1.54, 1.807) is 0 Å². The zero-order chi connectivity index (χ0) is 26.6. The molecule has 3 atom stereocenters. The molecule has 3 unspecified atom stereocenters. The van der Waals surface area contributed by atoms with Crippen LogP contribution in [0.5, 0.6) is 0 Å². The van der Waals surface area contributed by atoms with Crippen molar-refractivity contribution in [2.45, 2.75) is 31.3 Å². The third kappa shape index (κ3) is 4.97. The van der Waals surface area contributed by atoms with Gasteiger partial charge in [0.05, 0.1) is 12.6 Å². The Bertz CT molecular complexity index is 1500. The average molecular weight is 514 g/mol. The van der Waals surface area contributed by atoms with Gasteiger partial charge >= 0.3 is 5.97 Å². The first-order chi connectivity index (χ1) is 19.2. The molecule has 0 bridgehead atoms. The van der Waals surface area contributed by atoms with Crippen LogP contribution >= 0.6 is 0 Å². The van der Waals surface area contributed by atoms with Gasteiger partial charge in [-0.3, -0.25) is 4.79 Å². The quantitative estimate of drug-likeness (QED) is 0.210. The molecule has 5 aromatic rings. The van der Waals surface area contributed by atoms with Crippen molar-refractivity contribution in [2.24, 2.45) is 0 Å². The topological polar surface area (TPSA) is 38.8 Å². The van der Waals surface area contributed by atoms with E-state index in [2.05, 4.69) is 71.6 Å². The third-order valence-corrected chi connectivity index (χ3v) is 7.40. The summed E-state index contributed by atoms with van der Waals surface area (Å²) in [6.45, 7) is 2.15. The Balaban J connectivity index is 1.56. The lowest BCUT2D eigenvalue weighted by Crippen LogP contribution is -2.43. The van der Waals surface area contributed by atoms with E-state index in [9.17, 15) is 4.79 Å². The first kappa shape index (κ1) is 25.1. The number of benzene rings is 5. The van der Waals surface area contributed by atoms with Crippen molar-refractivity contribution in [2.75, 3.05) is 6.61 Å². The number of hydrogen-bond acceptors (Lipinski definition) is 4. The lowest BCUT2D eigenvalue weighted by Gasteiger charge is -2.36. The Morgan fingerprint density at radius 1 is 0.718 bits per heavy atom. The smallest absolute Gasteiger partial charge is 0.326 e. The summed E-state index contributed by atoms with van der Waals surface area (Å²) in [6, 6.07) is 44.5. The Hall–Kier alpha value is -4.25. The summed E-state index contributed by atoms with van der Waals surface area (Å²) in [7, 11) is 0. The summed E-state index contributed by atoms with van der Waals surface area (Å²) in [5.74, 6) is -0.286. The molecule has 1 fully saturated rings. The van der Waals surface area contributed by atoms with Gasteiger partial charge in [0.25, 0.3) is 0 Å². The molecule has 0 aromatic heterocycles. The normalized spacial score (nSPS) is 19.4. The van der Waals surface area contributed by atoms with Crippen LogP contribution in [0.15, 0.2) is 133 Å². The van der Waals surface area contributed by atoms with E-state index in [1.165, 1.54) is 0 Å². The highest BCUT2D eigenvalue weighted by atomic mass is 16.6.